The molecule has 9 rings (SSSR count). The minimum Gasteiger partial charge on any atom is -0.494 e. The molecule has 46 heavy (non-hydrogen) atoms. The zero-order valence-corrected chi connectivity index (χ0v) is 27.1. The van der Waals surface area contributed by atoms with E-state index in [-0.39, 0.29) is 5.91 Å². The van der Waals surface area contributed by atoms with Crippen LogP contribution in [0.2, 0.25) is 0 Å². The molecule has 10 nitrogen and oxygen atoms in total. The summed E-state index contributed by atoms with van der Waals surface area (Å²) >= 11 is 0. The van der Waals surface area contributed by atoms with Crippen LogP contribution in [0.1, 0.15) is 67.5 Å². The van der Waals surface area contributed by atoms with Crippen LogP contribution >= 0.6 is 0 Å². The number of carbonyl (C=O) groups excluding carboxylic acids is 1. The van der Waals surface area contributed by atoms with Crippen LogP contribution in [0.15, 0.2) is 30.3 Å². The van der Waals surface area contributed by atoms with Crippen molar-refractivity contribution in [3.05, 3.63) is 41.6 Å². The first-order chi connectivity index (χ1) is 22.6. The highest BCUT2D eigenvalue weighted by atomic mass is 16.5. The Balaban J connectivity index is 1.11. The molecule has 4 aliphatic heterocycles. The number of nitrogens with zero attached hydrogens (tertiary/aromatic N) is 5. The normalized spacial score (nSPS) is 27.8. The molecule has 4 saturated heterocycles. The van der Waals surface area contributed by atoms with Crippen LogP contribution in [-0.2, 0) is 13.1 Å². The van der Waals surface area contributed by atoms with Crippen LogP contribution in [0.3, 0.4) is 0 Å². The number of likely N-dealkylation sites (tertiary alicyclic amines) is 1. The number of hydrogen-bond donors (Lipinski definition) is 3. The lowest BCUT2D eigenvalue weighted by Gasteiger charge is -2.35. The van der Waals surface area contributed by atoms with Gasteiger partial charge in [0.1, 0.15) is 16.9 Å². The zero-order chi connectivity index (χ0) is 30.9. The third kappa shape index (κ3) is 4.83. The molecule has 4 aromatic rings. The Hall–Kier alpha value is -3.47. The Morgan fingerprint density at radius 3 is 2.72 bits per heavy atom. The van der Waals surface area contributed by atoms with Crippen molar-refractivity contribution in [2.24, 2.45) is 17.8 Å². The van der Waals surface area contributed by atoms with Gasteiger partial charge in [-0.25, -0.2) is 9.97 Å². The van der Waals surface area contributed by atoms with Crippen molar-refractivity contribution in [3.63, 3.8) is 0 Å². The van der Waals surface area contributed by atoms with Gasteiger partial charge < -0.3 is 34.7 Å². The molecule has 5 aliphatic rings. The summed E-state index contributed by atoms with van der Waals surface area (Å²) < 4.78 is 10.6. The predicted octanol–water partition coefficient (Wildman–Crippen LogP) is 4.33. The molecule has 0 spiro atoms. The first-order valence-electron chi connectivity index (χ1n) is 17.7. The number of piperidine rings is 2. The summed E-state index contributed by atoms with van der Waals surface area (Å²) in [5.74, 6) is 3.76. The van der Waals surface area contributed by atoms with Crippen molar-refractivity contribution in [3.8, 4) is 17.3 Å². The molecular formula is C36H46N8O2. The van der Waals surface area contributed by atoms with Gasteiger partial charge in [-0.1, -0.05) is 0 Å². The molecule has 0 radical (unpaired) electrons. The lowest BCUT2D eigenvalue weighted by Crippen LogP contribution is -2.48. The molecule has 1 amide bonds. The van der Waals surface area contributed by atoms with Gasteiger partial charge in [0, 0.05) is 55.8 Å². The Kier molecular flexibility index (Phi) is 7.09. The summed E-state index contributed by atoms with van der Waals surface area (Å²) in [4.78, 5) is 26.5. The minimum absolute atomic E-state index is 0.0654. The van der Waals surface area contributed by atoms with E-state index < -0.39 is 0 Å². The highest BCUT2D eigenvalue weighted by Crippen LogP contribution is 2.40. The maximum Gasteiger partial charge on any atom is 0.254 e. The fourth-order valence-corrected chi connectivity index (χ4v) is 8.90. The number of benzene rings is 1. The third-order valence-electron chi connectivity index (χ3n) is 11.6. The summed E-state index contributed by atoms with van der Waals surface area (Å²) in [6.45, 7) is 8.64. The summed E-state index contributed by atoms with van der Waals surface area (Å²) in [5, 5.41) is 12.2. The Labute approximate surface area is 270 Å². The second kappa shape index (κ2) is 11.3. The molecule has 1 saturated carbocycles. The topological polar surface area (TPSA) is 101 Å². The van der Waals surface area contributed by atoms with Gasteiger partial charge in [-0.2, -0.15) is 0 Å². The molecule has 1 aliphatic carbocycles. The van der Waals surface area contributed by atoms with Crippen LogP contribution in [0, 0.1) is 17.8 Å². The van der Waals surface area contributed by atoms with Crippen molar-refractivity contribution >= 4 is 28.0 Å². The number of carbonyl (C=O) groups is 1. The lowest BCUT2D eigenvalue weighted by atomic mass is 9.92. The summed E-state index contributed by atoms with van der Waals surface area (Å²) in [7, 11) is 1.70. The molecule has 5 atom stereocenters. The Bertz CT molecular complexity index is 1790. The average Bonchev–Trinajstić information content (AvgIpc) is 3.41. The molecule has 242 valence electrons. The fraction of sp³-hybridized carbons (Fsp3) is 0.583. The second-order valence-corrected chi connectivity index (χ2v) is 14.4. The summed E-state index contributed by atoms with van der Waals surface area (Å²) in [5.41, 5.74) is 5.68. The van der Waals surface area contributed by atoms with Crippen LogP contribution in [0.5, 0.6) is 5.75 Å². The lowest BCUT2D eigenvalue weighted by molar-refractivity contribution is 0.0669. The van der Waals surface area contributed by atoms with E-state index >= 15 is 0 Å². The molecule has 1 unspecified atom stereocenters. The van der Waals surface area contributed by atoms with Crippen molar-refractivity contribution in [1.29, 1.82) is 0 Å². The number of methoxy groups -OCH3 is 1. The predicted molar refractivity (Wildman–Crippen MR) is 179 cm³/mol. The highest BCUT2D eigenvalue weighted by Gasteiger charge is 2.37. The van der Waals surface area contributed by atoms with Crippen molar-refractivity contribution < 1.29 is 9.53 Å². The van der Waals surface area contributed by atoms with E-state index in [1.807, 2.05) is 17.0 Å². The monoisotopic (exact) mass is 622 g/mol. The van der Waals surface area contributed by atoms with Crippen molar-refractivity contribution in [2.45, 2.75) is 76.7 Å². The number of amides is 1. The molecule has 5 fully saturated rings. The maximum atomic E-state index is 13.8. The first kappa shape index (κ1) is 28.7. The largest absolute Gasteiger partial charge is 0.494 e. The number of pyridine rings is 1. The van der Waals surface area contributed by atoms with Gasteiger partial charge in [0.2, 0.25) is 0 Å². The standard InChI is InChI=1S/C36H46N8O2/c1-3-43-33-28(15-25(17-32(33)46-2)36(45)42-13-10-22-9-12-38-30(22)20-42)41-35(43)31-16-24-6-7-26(40-34(24)44(31)19-21-4-5-21)27-14-23-8-11-37-18-29(23)39-27/h6-7,15-17,21-23,27,29-30,37-39H,3-5,8-14,18-20H2,1-2H3/t22-,23-,27?,29-,30+/m0/s1. The van der Waals surface area contributed by atoms with Gasteiger partial charge in [-0.3, -0.25) is 4.79 Å². The quantitative estimate of drug-likeness (QED) is 0.282. The van der Waals surface area contributed by atoms with E-state index in [0.717, 1.165) is 104 Å². The number of aromatic nitrogens is 4. The second-order valence-electron chi connectivity index (χ2n) is 14.4. The number of rotatable bonds is 7. The van der Waals surface area contributed by atoms with Crippen molar-refractivity contribution in [2.75, 3.05) is 39.8 Å². The Morgan fingerprint density at radius 1 is 1.00 bits per heavy atom. The number of imidazole rings is 1. The third-order valence-corrected chi connectivity index (χ3v) is 11.6. The first-order valence-corrected chi connectivity index (χ1v) is 17.7. The van der Waals surface area contributed by atoms with Gasteiger partial charge in [0.15, 0.2) is 5.82 Å². The number of nitrogens with one attached hydrogen (secondary N) is 3. The van der Waals surface area contributed by atoms with Crippen LogP contribution in [-0.4, -0.2) is 81.8 Å². The number of ether oxygens (including phenoxy) is 1. The van der Waals surface area contributed by atoms with E-state index in [1.54, 1.807) is 7.11 Å². The number of aryl methyl sites for hydroxylation is 1. The number of hydrogen-bond acceptors (Lipinski definition) is 7. The van der Waals surface area contributed by atoms with Gasteiger partial charge in [0.05, 0.1) is 30.1 Å². The SMILES string of the molecule is CCn1c(-c2cc3ccc(C4C[C@@H]5CCNC[C@@H]5N4)nc3n2CC2CC2)nc2cc(C(=O)N3CC[C@@H]4CCN[C@@H]4C3)cc(OC)c21. The number of fused-ring (bicyclic) bond motifs is 4. The van der Waals surface area contributed by atoms with Crippen molar-refractivity contribution in [1.82, 2.24) is 40.0 Å². The molecule has 3 aromatic heterocycles. The van der Waals surface area contributed by atoms with E-state index in [1.165, 1.54) is 25.7 Å². The van der Waals surface area contributed by atoms with Crippen LogP contribution in [0.4, 0.5) is 0 Å². The molecule has 3 N–H and O–H groups in total. The van der Waals surface area contributed by atoms with E-state index in [4.69, 9.17) is 14.7 Å². The molecular weight excluding hydrogens is 576 g/mol. The van der Waals surface area contributed by atoms with Gasteiger partial charge in [0.25, 0.3) is 5.91 Å². The summed E-state index contributed by atoms with van der Waals surface area (Å²) in [6, 6.07) is 11.9. The molecule has 10 heteroatoms. The summed E-state index contributed by atoms with van der Waals surface area (Å²) in [6.07, 6.45) is 7.19. The molecule has 1 aromatic carbocycles. The van der Waals surface area contributed by atoms with Crippen LogP contribution < -0.4 is 20.7 Å². The van der Waals surface area contributed by atoms with Gasteiger partial charge in [-0.15, -0.1) is 0 Å². The van der Waals surface area contributed by atoms with Gasteiger partial charge >= 0.3 is 0 Å². The zero-order valence-electron chi connectivity index (χ0n) is 27.1. The average molecular weight is 623 g/mol. The van der Waals surface area contributed by atoms with E-state index in [2.05, 4.69) is 50.2 Å². The maximum absolute atomic E-state index is 13.8. The molecule has 0 bridgehead atoms. The fourth-order valence-electron chi connectivity index (χ4n) is 8.90. The van der Waals surface area contributed by atoms with E-state index in [9.17, 15) is 4.79 Å². The van der Waals surface area contributed by atoms with E-state index in [0.29, 0.717) is 41.3 Å². The highest BCUT2D eigenvalue weighted by molar-refractivity contribution is 6.00. The minimum atomic E-state index is 0.0654. The van der Waals surface area contributed by atoms with Crippen LogP contribution in [0.25, 0.3) is 33.6 Å². The van der Waals surface area contributed by atoms with Gasteiger partial charge in [-0.05, 0) is 107 Å². The smallest absolute Gasteiger partial charge is 0.254 e. The molecule has 7 heterocycles. The Morgan fingerprint density at radius 2 is 1.89 bits per heavy atom.